The fourth-order valence-corrected chi connectivity index (χ4v) is 6.03. The van der Waals surface area contributed by atoms with Crippen LogP contribution in [0.15, 0.2) is 117 Å². The topological polar surface area (TPSA) is 112 Å². The second kappa shape index (κ2) is 18.7. The number of rotatable bonds is 19. The van der Waals surface area contributed by atoms with E-state index in [9.17, 15) is 19.8 Å². The van der Waals surface area contributed by atoms with Gasteiger partial charge in [0.15, 0.2) is 0 Å². The van der Waals surface area contributed by atoms with Gasteiger partial charge in [0.25, 0.3) is 0 Å². The highest BCUT2D eigenvalue weighted by Gasteiger charge is 2.28. The first-order chi connectivity index (χ1) is 22.7. The summed E-state index contributed by atoms with van der Waals surface area (Å²) in [7, 11) is 0. The Morgan fingerprint density at radius 1 is 0.750 bits per heavy atom. The minimum absolute atomic E-state index is 0.0922. The molecule has 0 aliphatic heterocycles. The highest BCUT2D eigenvalue weighted by atomic mass is 32.2. The first-order valence-electron chi connectivity index (χ1n) is 15.8. The van der Waals surface area contributed by atoms with Crippen molar-refractivity contribution in [1.82, 2.24) is 0 Å². The Balaban J connectivity index is 1.45. The van der Waals surface area contributed by atoms with Gasteiger partial charge in [-0.1, -0.05) is 43.6 Å². The fraction of sp³-hybridized carbons (Fsp3) is 0.368. The van der Waals surface area contributed by atoms with Gasteiger partial charge in [-0.15, -0.1) is 0 Å². The first kappa shape index (κ1) is 38.7. The van der Waals surface area contributed by atoms with E-state index in [1.165, 1.54) is 0 Å². The first-order valence-corrected chi connectivity index (χ1v) is 17.4. The molecule has 2 N–H and O–H groups in total. The molecule has 3 rings (SSSR count). The van der Waals surface area contributed by atoms with E-state index in [4.69, 9.17) is 18.9 Å². The van der Waals surface area contributed by atoms with E-state index in [0.29, 0.717) is 35.5 Å². The molecule has 0 radical (unpaired) electrons. The van der Waals surface area contributed by atoms with Gasteiger partial charge in [-0.05, 0) is 107 Å². The van der Waals surface area contributed by atoms with Crippen LogP contribution in [0.5, 0.6) is 11.5 Å². The maximum atomic E-state index is 11.6. The zero-order chi connectivity index (χ0) is 35.3. The van der Waals surface area contributed by atoms with Crippen molar-refractivity contribution >= 4 is 35.5 Å². The summed E-state index contributed by atoms with van der Waals surface area (Å²) < 4.78 is 22.3. The lowest BCUT2D eigenvalue weighted by Crippen LogP contribution is -2.37. The van der Waals surface area contributed by atoms with Crippen molar-refractivity contribution in [3.8, 4) is 11.5 Å². The molecule has 0 fully saturated rings. The average Bonchev–Trinajstić information content (AvgIpc) is 3.04. The standard InChI is InChI=1S/C38H46O8S2/c1-8-38(7,22-29(40)24-44-36(41)25(2)3)46-31-11-15-33(16-12-31)48-35-19-17-34(18-20-35)47-32-13-9-30(10-14-32)43-23-28(39)21-27(6)45-37(42)26(4)5/h9-20,27-29,39-40H,2,4,8,21-24H2,1,3,5-7H3. The van der Waals surface area contributed by atoms with Crippen LogP contribution in [0.1, 0.15) is 53.9 Å². The zero-order valence-electron chi connectivity index (χ0n) is 28.3. The number of aliphatic hydroxyl groups is 2. The predicted molar refractivity (Wildman–Crippen MR) is 190 cm³/mol. The molecule has 3 aromatic rings. The van der Waals surface area contributed by atoms with Crippen molar-refractivity contribution in [2.45, 2.75) is 97.4 Å². The summed E-state index contributed by atoms with van der Waals surface area (Å²) in [6.07, 6.45) is -0.823. The second-order valence-corrected chi connectivity index (χ2v) is 14.3. The van der Waals surface area contributed by atoms with Crippen LogP contribution in [-0.4, -0.2) is 59.3 Å². The number of carbonyl (C=O) groups excluding carboxylic acids is 2. The third-order valence-corrected chi connectivity index (χ3v) is 9.21. The number of esters is 2. The van der Waals surface area contributed by atoms with Gasteiger partial charge in [-0.25, -0.2) is 9.59 Å². The van der Waals surface area contributed by atoms with Gasteiger partial charge in [0.2, 0.25) is 0 Å². The van der Waals surface area contributed by atoms with E-state index in [2.05, 4.69) is 37.4 Å². The van der Waals surface area contributed by atoms with Crippen LogP contribution in [-0.2, 0) is 19.1 Å². The van der Waals surface area contributed by atoms with E-state index < -0.39 is 35.9 Å². The molecule has 0 spiro atoms. The minimum atomic E-state index is -0.851. The molecular weight excluding hydrogens is 649 g/mol. The molecule has 0 saturated heterocycles. The summed E-state index contributed by atoms with van der Waals surface area (Å²) >= 11 is 3.29. The quantitative estimate of drug-likeness (QED) is 0.0945. The van der Waals surface area contributed by atoms with Crippen LogP contribution in [0.2, 0.25) is 0 Å². The van der Waals surface area contributed by atoms with Gasteiger partial charge in [-0.2, -0.15) is 0 Å². The average molecular weight is 695 g/mol. The van der Waals surface area contributed by atoms with Crippen LogP contribution in [0, 0.1) is 0 Å². The maximum Gasteiger partial charge on any atom is 0.333 e. The summed E-state index contributed by atoms with van der Waals surface area (Å²) in [6.45, 7) is 15.9. The van der Waals surface area contributed by atoms with E-state index in [1.54, 1.807) is 44.3 Å². The van der Waals surface area contributed by atoms with Crippen molar-refractivity contribution in [2.75, 3.05) is 13.2 Å². The summed E-state index contributed by atoms with van der Waals surface area (Å²) in [4.78, 5) is 27.6. The zero-order valence-corrected chi connectivity index (χ0v) is 29.9. The summed E-state index contributed by atoms with van der Waals surface area (Å²) in [6, 6.07) is 23.9. The summed E-state index contributed by atoms with van der Waals surface area (Å²) in [5, 5.41) is 20.7. The fourth-order valence-electron chi connectivity index (χ4n) is 4.40. The van der Waals surface area contributed by atoms with Crippen LogP contribution in [0.4, 0.5) is 0 Å². The van der Waals surface area contributed by atoms with Crippen molar-refractivity contribution < 1.29 is 38.7 Å². The Labute approximate surface area is 292 Å². The van der Waals surface area contributed by atoms with Crippen LogP contribution < -0.4 is 9.47 Å². The third kappa shape index (κ3) is 13.4. The molecule has 3 aromatic carbocycles. The van der Waals surface area contributed by atoms with E-state index in [-0.39, 0.29) is 19.6 Å². The number of hydrogen-bond donors (Lipinski definition) is 2. The Bertz CT molecular complexity index is 1510. The lowest BCUT2D eigenvalue weighted by atomic mass is 9.95. The van der Waals surface area contributed by atoms with Crippen LogP contribution in [0.3, 0.4) is 0 Å². The smallest absolute Gasteiger partial charge is 0.333 e. The molecule has 0 heterocycles. The van der Waals surface area contributed by atoms with E-state index >= 15 is 0 Å². The number of ether oxygens (including phenoxy) is 4. The second-order valence-electron chi connectivity index (χ2n) is 12.0. The van der Waals surface area contributed by atoms with Gasteiger partial charge in [-0.3, -0.25) is 0 Å². The summed E-state index contributed by atoms with van der Waals surface area (Å²) in [5.41, 5.74) is -0.0130. The molecule has 4 unspecified atom stereocenters. The van der Waals surface area contributed by atoms with Crippen LogP contribution >= 0.6 is 23.5 Å². The molecule has 258 valence electrons. The van der Waals surface area contributed by atoms with Gasteiger partial charge >= 0.3 is 11.9 Å². The van der Waals surface area contributed by atoms with Gasteiger partial charge in [0, 0.05) is 43.6 Å². The minimum Gasteiger partial charge on any atom is -0.491 e. The van der Waals surface area contributed by atoms with Crippen LogP contribution in [0.25, 0.3) is 0 Å². The molecule has 8 nitrogen and oxygen atoms in total. The van der Waals surface area contributed by atoms with Crippen molar-refractivity contribution in [3.63, 3.8) is 0 Å². The summed E-state index contributed by atoms with van der Waals surface area (Å²) in [5.74, 6) is 0.356. The highest BCUT2D eigenvalue weighted by molar-refractivity contribution is 7.99. The molecule has 0 aliphatic rings. The van der Waals surface area contributed by atoms with Gasteiger partial charge < -0.3 is 29.2 Å². The lowest BCUT2D eigenvalue weighted by molar-refractivity contribution is -0.145. The molecule has 0 bridgehead atoms. The van der Waals surface area contributed by atoms with Gasteiger partial charge in [0.1, 0.15) is 36.4 Å². The van der Waals surface area contributed by atoms with Crippen molar-refractivity contribution in [3.05, 3.63) is 97.1 Å². The lowest BCUT2D eigenvalue weighted by Gasteiger charge is -2.31. The molecule has 0 amide bonds. The molecule has 0 saturated carbocycles. The van der Waals surface area contributed by atoms with Crippen molar-refractivity contribution in [2.24, 2.45) is 0 Å². The Morgan fingerprint density at radius 3 is 1.67 bits per heavy atom. The molecule has 4 atom stereocenters. The van der Waals surface area contributed by atoms with Gasteiger partial charge in [0.05, 0.1) is 12.2 Å². The molecule has 0 aliphatic carbocycles. The van der Waals surface area contributed by atoms with E-state index in [0.717, 1.165) is 19.6 Å². The van der Waals surface area contributed by atoms with E-state index in [1.807, 2.05) is 62.4 Å². The number of carbonyl (C=O) groups is 2. The molecular formula is C38H46O8S2. The maximum absolute atomic E-state index is 11.6. The predicted octanol–water partition coefficient (Wildman–Crippen LogP) is 8.04. The molecule has 0 aromatic heterocycles. The number of hydrogen-bond acceptors (Lipinski definition) is 10. The Hall–Kier alpha value is -3.70. The van der Waals surface area contributed by atoms with Crippen molar-refractivity contribution in [1.29, 1.82) is 0 Å². The Kier molecular flexibility index (Phi) is 15.1. The number of aliphatic hydroxyl groups excluding tert-OH is 2. The molecule has 48 heavy (non-hydrogen) atoms. The number of benzene rings is 3. The Morgan fingerprint density at radius 2 is 1.21 bits per heavy atom. The monoisotopic (exact) mass is 694 g/mol. The highest BCUT2D eigenvalue weighted by Crippen LogP contribution is 2.34. The third-order valence-electron chi connectivity index (χ3n) is 7.18. The SMILES string of the molecule is C=C(C)C(=O)OCC(O)CC(C)(CC)Oc1ccc(Sc2ccc(Sc3ccc(OCC(O)CC(C)OC(=O)C(=C)C)cc3)cc2)cc1. The molecule has 10 heteroatoms. The largest absolute Gasteiger partial charge is 0.491 e. The normalized spacial score (nSPS) is 14.1.